The second-order valence-electron chi connectivity index (χ2n) is 10.2. The molecule has 2 rings (SSSR count). The number of methoxy groups -OCH3 is 3. The molecule has 0 aromatic heterocycles. The number of unbranched alkanes of at least 4 members (excludes halogenated alkanes) is 3. The van der Waals surface area contributed by atoms with Crippen molar-refractivity contribution in [2.45, 2.75) is 59.3 Å². The molecule has 0 saturated carbocycles. The van der Waals surface area contributed by atoms with E-state index in [1.165, 1.54) is 0 Å². The Morgan fingerprint density at radius 2 is 1.16 bits per heavy atom. The van der Waals surface area contributed by atoms with Crippen LogP contribution < -0.4 is 18.9 Å². The molecule has 0 atom stereocenters. The van der Waals surface area contributed by atoms with Crippen molar-refractivity contribution in [1.29, 1.82) is 0 Å². The van der Waals surface area contributed by atoms with Gasteiger partial charge in [0.25, 0.3) is 0 Å². The van der Waals surface area contributed by atoms with Gasteiger partial charge in [-0.3, -0.25) is 4.79 Å². The second kappa shape index (κ2) is 17.1. The molecule has 0 unspecified atom stereocenters. The highest BCUT2D eigenvalue weighted by atomic mass is 16.6. The number of hydrogen-bond donors (Lipinski definition) is 0. The lowest BCUT2D eigenvalue weighted by Crippen LogP contribution is -2.26. The van der Waals surface area contributed by atoms with Gasteiger partial charge in [0.05, 0.1) is 30.6 Å². The molecule has 0 aliphatic heterocycles. The first-order chi connectivity index (χ1) is 18.3. The predicted molar refractivity (Wildman–Crippen MR) is 149 cm³/mol. The molecule has 2 aromatic carbocycles. The number of benzene rings is 2. The molecule has 0 bridgehead atoms. The average Bonchev–Trinajstić information content (AvgIpc) is 2.88. The van der Waals surface area contributed by atoms with Crippen LogP contribution in [0.25, 0.3) is 10.8 Å². The van der Waals surface area contributed by atoms with Crippen molar-refractivity contribution >= 4 is 16.7 Å². The van der Waals surface area contributed by atoms with E-state index in [0.29, 0.717) is 68.0 Å². The highest BCUT2D eigenvalue weighted by Crippen LogP contribution is 2.48. The summed E-state index contributed by atoms with van der Waals surface area (Å²) < 4.78 is 40.2. The van der Waals surface area contributed by atoms with Gasteiger partial charge in [-0.1, -0.05) is 12.1 Å². The Balaban J connectivity index is 2.51. The smallest absolute Gasteiger partial charge is 0.316 e. The van der Waals surface area contributed by atoms with E-state index in [1.54, 1.807) is 21.3 Å². The van der Waals surface area contributed by atoms with Crippen LogP contribution in [-0.4, -0.2) is 66.9 Å². The van der Waals surface area contributed by atoms with Crippen LogP contribution in [-0.2, 0) is 19.0 Å². The lowest BCUT2D eigenvalue weighted by Gasteiger charge is -2.23. The lowest BCUT2D eigenvalue weighted by molar-refractivity contribution is -0.143. The van der Waals surface area contributed by atoms with Gasteiger partial charge in [-0.2, -0.15) is 0 Å². The van der Waals surface area contributed by atoms with E-state index in [0.717, 1.165) is 43.9 Å². The molecule has 0 fully saturated rings. The molecule has 8 nitrogen and oxygen atoms in total. The maximum Gasteiger partial charge on any atom is 0.316 e. The van der Waals surface area contributed by atoms with Crippen molar-refractivity contribution in [2.24, 2.45) is 5.41 Å². The average molecular weight is 535 g/mol. The van der Waals surface area contributed by atoms with Gasteiger partial charge in [-0.05, 0) is 76.8 Å². The maximum absolute atomic E-state index is 13.1. The van der Waals surface area contributed by atoms with E-state index >= 15 is 0 Å². The molecule has 214 valence electrons. The Morgan fingerprint density at radius 1 is 0.658 bits per heavy atom. The first kappa shape index (κ1) is 31.7. The molecule has 2 aromatic rings. The third-order valence-electron chi connectivity index (χ3n) is 5.80. The third kappa shape index (κ3) is 10.3. The standard InChI is InChI=1S/C30H46O8/c1-30(2,3)29(31)38-28-26-23(14-13-15-24(26)35-19-10-7-16-32-4)22-25(36-20-11-8-17-33-5)27(28)37-21-12-9-18-34-6/h13-15,22H,7-12,16-21H2,1-6H3. The van der Waals surface area contributed by atoms with Crippen LogP contribution in [0.15, 0.2) is 24.3 Å². The number of rotatable bonds is 19. The van der Waals surface area contributed by atoms with Crippen LogP contribution in [0.5, 0.6) is 23.0 Å². The van der Waals surface area contributed by atoms with E-state index in [9.17, 15) is 4.79 Å². The number of carbonyl (C=O) groups is 1. The van der Waals surface area contributed by atoms with Crippen molar-refractivity contribution in [1.82, 2.24) is 0 Å². The first-order valence-electron chi connectivity index (χ1n) is 13.5. The number of carbonyl (C=O) groups excluding carboxylic acids is 1. The van der Waals surface area contributed by atoms with Gasteiger partial charge < -0.3 is 33.2 Å². The Bertz CT molecular complexity index is 967. The molecule has 8 heteroatoms. The summed E-state index contributed by atoms with van der Waals surface area (Å²) in [5.74, 6) is 1.54. The quantitative estimate of drug-likeness (QED) is 0.120. The zero-order chi connectivity index (χ0) is 27.8. The van der Waals surface area contributed by atoms with E-state index < -0.39 is 5.41 Å². The van der Waals surface area contributed by atoms with Crippen LogP contribution >= 0.6 is 0 Å². The molecule has 0 saturated heterocycles. The Kier molecular flexibility index (Phi) is 14.3. The number of esters is 1. The minimum Gasteiger partial charge on any atom is -0.493 e. The van der Waals surface area contributed by atoms with Crippen LogP contribution in [0.1, 0.15) is 59.3 Å². The van der Waals surface area contributed by atoms with Crippen LogP contribution in [0.3, 0.4) is 0 Å². The molecule has 0 spiro atoms. The molecule has 0 radical (unpaired) electrons. The molecule has 0 heterocycles. The number of ether oxygens (including phenoxy) is 7. The largest absolute Gasteiger partial charge is 0.493 e. The van der Waals surface area contributed by atoms with Gasteiger partial charge in [0.15, 0.2) is 11.5 Å². The number of fused-ring (bicyclic) bond motifs is 1. The minimum atomic E-state index is -0.713. The summed E-state index contributed by atoms with van der Waals surface area (Å²) in [5.41, 5.74) is -0.713. The van der Waals surface area contributed by atoms with Gasteiger partial charge in [-0.15, -0.1) is 0 Å². The molecule has 38 heavy (non-hydrogen) atoms. The topological polar surface area (TPSA) is 81.7 Å². The maximum atomic E-state index is 13.1. The minimum absolute atomic E-state index is 0.327. The zero-order valence-corrected chi connectivity index (χ0v) is 24.1. The fraction of sp³-hybridized carbons (Fsp3) is 0.633. The van der Waals surface area contributed by atoms with E-state index in [1.807, 2.05) is 45.0 Å². The predicted octanol–water partition coefficient (Wildman–Crippen LogP) is 6.21. The molecular weight excluding hydrogens is 488 g/mol. The second-order valence-corrected chi connectivity index (χ2v) is 10.2. The summed E-state index contributed by atoms with van der Waals surface area (Å²) >= 11 is 0. The molecular formula is C30H46O8. The van der Waals surface area contributed by atoms with Crippen molar-refractivity contribution in [3.05, 3.63) is 24.3 Å². The first-order valence-corrected chi connectivity index (χ1v) is 13.5. The summed E-state index contributed by atoms with van der Waals surface area (Å²) in [6, 6.07) is 7.71. The summed E-state index contributed by atoms with van der Waals surface area (Å²) in [5, 5.41) is 1.53. The van der Waals surface area contributed by atoms with Gasteiger partial charge in [-0.25, -0.2) is 0 Å². The monoisotopic (exact) mass is 534 g/mol. The van der Waals surface area contributed by atoms with Crippen molar-refractivity contribution in [3.63, 3.8) is 0 Å². The highest BCUT2D eigenvalue weighted by molar-refractivity contribution is 5.99. The van der Waals surface area contributed by atoms with Crippen molar-refractivity contribution < 1.29 is 38.0 Å². The fourth-order valence-electron chi connectivity index (χ4n) is 3.63. The van der Waals surface area contributed by atoms with E-state index in [-0.39, 0.29) is 5.97 Å². The lowest BCUT2D eigenvalue weighted by atomic mass is 9.97. The summed E-state index contributed by atoms with van der Waals surface area (Å²) in [4.78, 5) is 13.1. The highest BCUT2D eigenvalue weighted by Gasteiger charge is 2.29. The van der Waals surface area contributed by atoms with Crippen molar-refractivity contribution in [3.8, 4) is 23.0 Å². The fourth-order valence-corrected chi connectivity index (χ4v) is 3.63. The van der Waals surface area contributed by atoms with Gasteiger partial charge in [0, 0.05) is 41.2 Å². The third-order valence-corrected chi connectivity index (χ3v) is 5.80. The van der Waals surface area contributed by atoms with Gasteiger partial charge in [0.1, 0.15) is 5.75 Å². The molecule has 0 N–H and O–H groups in total. The molecule has 0 aliphatic carbocycles. The summed E-state index contributed by atoms with van der Waals surface area (Å²) in [6.45, 7) is 8.90. The summed E-state index contributed by atoms with van der Waals surface area (Å²) in [6.07, 6.45) is 5.07. The van der Waals surface area contributed by atoms with Gasteiger partial charge >= 0.3 is 5.97 Å². The van der Waals surface area contributed by atoms with Crippen LogP contribution in [0.4, 0.5) is 0 Å². The number of hydrogen-bond acceptors (Lipinski definition) is 8. The Hall–Kier alpha value is -2.55. The van der Waals surface area contributed by atoms with Crippen LogP contribution in [0.2, 0.25) is 0 Å². The summed E-state index contributed by atoms with van der Waals surface area (Å²) in [7, 11) is 5.06. The van der Waals surface area contributed by atoms with Crippen LogP contribution in [0, 0.1) is 5.41 Å². The van der Waals surface area contributed by atoms with Gasteiger partial charge in [0.2, 0.25) is 5.75 Å². The SMILES string of the molecule is COCCCCOc1cc2cccc(OCCCCOC)c2c(OC(=O)C(C)(C)C)c1OCCCCOC. The molecule has 0 aliphatic rings. The van der Waals surface area contributed by atoms with E-state index in [2.05, 4.69) is 0 Å². The molecule has 0 amide bonds. The normalized spacial score (nSPS) is 11.5. The Labute approximate surface area is 227 Å². The van der Waals surface area contributed by atoms with E-state index in [4.69, 9.17) is 33.2 Å². The Morgan fingerprint density at radius 3 is 1.68 bits per heavy atom. The zero-order valence-electron chi connectivity index (χ0n) is 24.1. The van der Waals surface area contributed by atoms with Crippen molar-refractivity contribution in [2.75, 3.05) is 61.0 Å².